The van der Waals surface area contributed by atoms with E-state index < -0.39 is 5.60 Å². The van der Waals surface area contributed by atoms with Crippen molar-refractivity contribution in [3.63, 3.8) is 0 Å². The second-order valence-electron chi connectivity index (χ2n) is 6.07. The summed E-state index contributed by atoms with van der Waals surface area (Å²) >= 11 is 0. The van der Waals surface area contributed by atoms with Gasteiger partial charge in [-0.15, -0.1) is 0 Å². The lowest BCUT2D eigenvalue weighted by atomic mass is 9.96. The number of ether oxygens (including phenoxy) is 1. The van der Waals surface area contributed by atoms with Gasteiger partial charge in [0.25, 0.3) is 0 Å². The molecule has 1 unspecified atom stereocenters. The maximum atomic E-state index is 13.0. The van der Waals surface area contributed by atoms with Crippen LogP contribution in [0.15, 0.2) is 48.5 Å². The molecule has 0 aromatic heterocycles. The minimum atomic E-state index is -1.28. The van der Waals surface area contributed by atoms with Crippen LogP contribution in [-0.2, 0) is 23.5 Å². The molecule has 25 heavy (non-hydrogen) atoms. The van der Waals surface area contributed by atoms with Gasteiger partial charge in [0, 0.05) is 13.7 Å². The molecule has 2 rings (SSSR count). The monoisotopic (exact) mass is 346 g/mol. The average Bonchev–Trinajstić information content (AvgIpc) is 2.60. The van der Waals surface area contributed by atoms with E-state index in [-0.39, 0.29) is 18.4 Å². The zero-order valence-corrected chi connectivity index (χ0v) is 14.4. The van der Waals surface area contributed by atoms with Crippen LogP contribution in [0.25, 0.3) is 0 Å². The van der Waals surface area contributed by atoms with Gasteiger partial charge < -0.3 is 20.5 Å². The number of benzene rings is 2. The summed E-state index contributed by atoms with van der Waals surface area (Å²) in [5, 5.41) is 15.8. The van der Waals surface area contributed by atoms with Gasteiger partial charge in [-0.25, -0.2) is 9.18 Å². The molecule has 2 aromatic carbocycles. The van der Waals surface area contributed by atoms with Crippen LogP contribution in [0.4, 0.5) is 9.18 Å². The van der Waals surface area contributed by atoms with E-state index in [9.17, 15) is 14.3 Å². The fourth-order valence-corrected chi connectivity index (χ4v) is 2.33. The molecule has 5 nitrogen and oxygen atoms in total. The first kappa shape index (κ1) is 18.9. The van der Waals surface area contributed by atoms with Crippen LogP contribution >= 0.6 is 0 Å². The van der Waals surface area contributed by atoms with E-state index >= 15 is 0 Å². The molecule has 6 heteroatoms. The molecule has 0 heterocycles. The number of urea groups is 1. The maximum absolute atomic E-state index is 13.0. The third kappa shape index (κ3) is 5.85. The fraction of sp³-hybridized carbons (Fsp3) is 0.316. The predicted molar refractivity (Wildman–Crippen MR) is 93.4 cm³/mol. The summed E-state index contributed by atoms with van der Waals surface area (Å²) in [6, 6.07) is 12.9. The number of hydrogen-bond acceptors (Lipinski definition) is 3. The van der Waals surface area contributed by atoms with Gasteiger partial charge in [0.1, 0.15) is 11.4 Å². The summed E-state index contributed by atoms with van der Waals surface area (Å²) in [5.41, 5.74) is 1.27. The van der Waals surface area contributed by atoms with Gasteiger partial charge in [-0.1, -0.05) is 36.4 Å². The molecule has 134 valence electrons. The molecule has 0 saturated heterocycles. The van der Waals surface area contributed by atoms with Crippen molar-refractivity contribution in [1.29, 1.82) is 0 Å². The molecule has 3 N–H and O–H groups in total. The van der Waals surface area contributed by atoms with E-state index in [0.717, 1.165) is 11.1 Å². The first-order chi connectivity index (χ1) is 11.9. The highest BCUT2D eigenvalue weighted by Gasteiger charge is 2.23. The number of hydrogen-bond donors (Lipinski definition) is 3. The summed E-state index contributed by atoms with van der Waals surface area (Å²) in [6.07, 6.45) is 0. The lowest BCUT2D eigenvalue weighted by Gasteiger charge is -2.24. The molecule has 0 spiro atoms. The summed E-state index contributed by atoms with van der Waals surface area (Å²) in [6.45, 7) is 2.50. The summed E-state index contributed by atoms with van der Waals surface area (Å²) in [4.78, 5) is 11.9. The van der Waals surface area contributed by atoms with Gasteiger partial charge in [0.2, 0.25) is 0 Å². The van der Waals surface area contributed by atoms with Gasteiger partial charge in [-0.3, -0.25) is 0 Å². The van der Waals surface area contributed by atoms with Crippen molar-refractivity contribution < 1.29 is 19.0 Å². The standard InChI is InChI=1S/C19H23FN2O3/c1-19(24,16-7-9-17(20)10-8-16)13-22-18(23)21-11-14-3-5-15(6-4-14)12-25-2/h3-10,24H,11-13H2,1-2H3,(H2,21,22,23). The number of rotatable bonds is 7. The highest BCUT2D eigenvalue weighted by molar-refractivity contribution is 5.73. The van der Waals surface area contributed by atoms with Gasteiger partial charge in [0.05, 0.1) is 13.2 Å². The molecule has 0 saturated carbocycles. The van der Waals surface area contributed by atoms with Crippen molar-refractivity contribution in [2.75, 3.05) is 13.7 Å². The summed E-state index contributed by atoms with van der Waals surface area (Å²) in [5.74, 6) is -0.373. The van der Waals surface area contributed by atoms with Crippen LogP contribution in [0.2, 0.25) is 0 Å². The van der Waals surface area contributed by atoms with Gasteiger partial charge in [-0.2, -0.15) is 0 Å². The molecular weight excluding hydrogens is 323 g/mol. The molecule has 0 bridgehead atoms. The Labute approximate surface area is 146 Å². The number of carbonyl (C=O) groups excluding carboxylic acids is 1. The molecule has 0 aliphatic heterocycles. The van der Waals surface area contributed by atoms with Crippen molar-refractivity contribution in [1.82, 2.24) is 10.6 Å². The Hall–Kier alpha value is -2.44. The summed E-state index contributed by atoms with van der Waals surface area (Å²) in [7, 11) is 1.64. The molecular formula is C19H23FN2O3. The minimum absolute atomic E-state index is 0.0112. The van der Waals surface area contributed by atoms with E-state index in [1.807, 2.05) is 24.3 Å². The molecule has 0 aliphatic rings. The lowest BCUT2D eigenvalue weighted by Crippen LogP contribution is -2.43. The number of methoxy groups -OCH3 is 1. The number of aliphatic hydroxyl groups is 1. The smallest absolute Gasteiger partial charge is 0.315 e. The highest BCUT2D eigenvalue weighted by atomic mass is 19.1. The number of nitrogens with one attached hydrogen (secondary N) is 2. The first-order valence-corrected chi connectivity index (χ1v) is 7.97. The molecule has 0 radical (unpaired) electrons. The molecule has 0 fully saturated rings. The second kappa shape index (κ2) is 8.60. The van der Waals surface area contributed by atoms with Crippen molar-refractivity contribution in [3.05, 3.63) is 71.0 Å². The largest absolute Gasteiger partial charge is 0.384 e. The van der Waals surface area contributed by atoms with Gasteiger partial charge in [-0.05, 0) is 35.7 Å². The molecule has 1 atom stereocenters. The van der Waals surface area contributed by atoms with Crippen LogP contribution in [0, 0.1) is 5.82 Å². The lowest BCUT2D eigenvalue weighted by molar-refractivity contribution is 0.0593. The van der Waals surface area contributed by atoms with E-state index in [1.165, 1.54) is 24.3 Å². The quantitative estimate of drug-likeness (QED) is 0.722. The Morgan fingerprint density at radius 3 is 2.28 bits per heavy atom. The Morgan fingerprint density at radius 2 is 1.68 bits per heavy atom. The maximum Gasteiger partial charge on any atom is 0.315 e. The Morgan fingerprint density at radius 1 is 1.08 bits per heavy atom. The second-order valence-corrected chi connectivity index (χ2v) is 6.07. The number of halogens is 1. The Balaban J connectivity index is 1.80. The molecule has 2 amide bonds. The molecule has 0 aliphatic carbocycles. The van der Waals surface area contributed by atoms with E-state index in [4.69, 9.17) is 4.74 Å². The number of carbonyl (C=O) groups is 1. The van der Waals surface area contributed by atoms with Crippen LogP contribution in [0.3, 0.4) is 0 Å². The summed E-state index contributed by atoms with van der Waals surface area (Å²) < 4.78 is 18.0. The highest BCUT2D eigenvalue weighted by Crippen LogP contribution is 2.19. The van der Waals surface area contributed by atoms with Crippen molar-refractivity contribution in [2.24, 2.45) is 0 Å². The third-order valence-corrected chi connectivity index (χ3v) is 3.85. The zero-order valence-electron chi connectivity index (χ0n) is 14.4. The zero-order chi connectivity index (χ0) is 18.3. The number of amides is 2. The third-order valence-electron chi connectivity index (χ3n) is 3.85. The van der Waals surface area contributed by atoms with Crippen molar-refractivity contribution in [3.8, 4) is 0 Å². The van der Waals surface area contributed by atoms with Crippen LogP contribution in [0.5, 0.6) is 0 Å². The van der Waals surface area contributed by atoms with Crippen LogP contribution < -0.4 is 10.6 Å². The van der Waals surface area contributed by atoms with Gasteiger partial charge >= 0.3 is 6.03 Å². The minimum Gasteiger partial charge on any atom is -0.384 e. The average molecular weight is 346 g/mol. The Bertz CT molecular complexity index is 685. The Kier molecular flexibility index (Phi) is 6.50. The fourth-order valence-electron chi connectivity index (χ4n) is 2.33. The van der Waals surface area contributed by atoms with Crippen LogP contribution in [0.1, 0.15) is 23.6 Å². The van der Waals surface area contributed by atoms with E-state index in [1.54, 1.807) is 14.0 Å². The SMILES string of the molecule is COCc1ccc(CNC(=O)NCC(C)(O)c2ccc(F)cc2)cc1. The van der Waals surface area contributed by atoms with Crippen LogP contribution in [-0.4, -0.2) is 24.8 Å². The topological polar surface area (TPSA) is 70.6 Å². The first-order valence-electron chi connectivity index (χ1n) is 7.97. The van der Waals surface area contributed by atoms with Gasteiger partial charge in [0.15, 0.2) is 0 Å². The van der Waals surface area contributed by atoms with Crippen molar-refractivity contribution in [2.45, 2.75) is 25.7 Å². The van der Waals surface area contributed by atoms with E-state index in [2.05, 4.69) is 10.6 Å². The van der Waals surface area contributed by atoms with Crippen molar-refractivity contribution >= 4 is 6.03 Å². The molecule has 2 aromatic rings. The normalized spacial score (nSPS) is 13.1. The predicted octanol–water partition coefficient (Wildman–Crippen LogP) is 2.68. The van der Waals surface area contributed by atoms with E-state index in [0.29, 0.717) is 18.7 Å².